The molecule has 0 amide bonds. The summed E-state index contributed by atoms with van der Waals surface area (Å²) in [6.07, 6.45) is 0. The monoisotopic (exact) mass is 211 g/mol. The number of hydrogen-bond acceptors (Lipinski definition) is 4. The van der Waals surface area contributed by atoms with E-state index in [9.17, 15) is 0 Å². The van der Waals surface area contributed by atoms with Crippen LogP contribution in [0.5, 0.6) is 17.2 Å². The van der Waals surface area contributed by atoms with Gasteiger partial charge in [-0.25, -0.2) is 0 Å². The highest BCUT2D eigenvalue weighted by molar-refractivity contribution is 5.63. The molecule has 0 unspecified atom stereocenters. The van der Waals surface area contributed by atoms with E-state index in [-0.39, 0.29) is 0 Å². The van der Waals surface area contributed by atoms with E-state index in [0.717, 1.165) is 0 Å². The summed E-state index contributed by atoms with van der Waals surface area (Å²) in [5.74, 6) is 1.86. The summed E-state index contributed by atoms with van der Waals surface area (Å²) in [4.78, 5) is 0. The molecule has 1 aromatic rings. The lowest BCUT2D eigenvalue weighted by Gasteiger charge is -2.13. The molecule has 0 atom stereocenters. The number of nitrogen functional groups attached to an aromatic ring is 1. The SMILES string of the molecule is CCOc1cc(N)c(OCC)c(OC)c1. The highest BCUT2D eigenvalue weighted by Gasteiger charge is 2.10. The number of benzene rings is 1. The Morgan fingerprint density at radius 1 is 1.13 bits per heavy atom. The molecule has 0 saturated heterocycles. The van der Waals surface area contributed by atoms with Crippen molar-refractivity contribution in [3.05, 3.63) is 12.1 Å². The molecular weight excluding hydrogens is 194 g/mol. The molecule has 0 saturated carbocycles. The van der Waals surface area contributed by atoms with Crippen molar-refractivity contribution in [1.82, 2.24) is 0 Å². The van der Waals surface area contributed by atoms with Gasteiger partial charge in [-0.3, -0.25) is 0 Å². The molecule has 0 radical (unpaired) electrons. The largest absolute Gasteiger partial charge is 0.494 e. The molecule has 0 spiro atoms. The molecule has 4 heteroatoms. The molecule has 1 aromatic carbocycles. The fraction of sp³-hybridized carbons (Fsp3) is 0.455. The Labute approximate surface area is 89.9 Å². The average Bonchev–Trinajstić information content (AvgIpc) is 2.22. The molecule has 0 aliphatic heterocycles. The minimum absolute atomic E-state index is 0.527. The van der Waals surface area contributed by atoms with Gasteiger partial charge in [0.15, 0.2) is 11.5 Å². The van der Waals surface area contributed by atoms with Crippen molar-refractivity contribution < 1.29 is 14.2 Å². The van der Waals surface area contributed by atoms with E-state index in [2.05, 4.69) is 0 Å². The fourth-order valence-electron chi connectivity index (χ4n) is 1.30. The second-order valence-electron chi connectivity index (χ2n) is 2.91. The van der Waals surface area contributed by atoms with Gasteiger partial charge in [0.1, 0.15) is 5.75 Å². The molecule has 84 valence electrons. The molecule has 2 N–H and O–H groups in total. The Hall–Kier alpha value is -1.58. The maximum Gasteiger partial charge on any atom is 0.184 e. The van der Waals surface area contributed by atoms with E-state index in [1.54, 1.807) is 19.2 Å². The van der Waals surface area contributed by atoms with E-state index in [0.29, 0.717) is 36.1 Å². The van der Waals surface area contributed by atoms with E-state index in [4.69, 9.17) is 19.9 Å². The zero-order valence-electron chi connectivity index (χ0n) is 9.37. The van der Waals surface area contributed by atoms with Gasteiger partial charge in [-0.05, 0) is 13.8 Å². The van der Waals surface area contributed by atoms with Crippen molar-refractivity contribution in [1.29, 1.82) is 0 Å². The minimum Gasteiger partial charge on any atom is -0.494 e. The number of hydrogen-bond donors (Lipinski definition) is 1. The first-order valence-electron chi connectivity index (χ1n) is 4.96. The van der Waals surface area contributed by atoms with Crippen LogP contribution in [-0.2, 0) is 0 Å². The second-order valence-corrected chi connectivity index (χ2v) is 2.91. The topological polar surface area (TPSA) is 53.7 Å². The predicted octanol–water partition coefficient (Wildman–Crippen LogP) is 2.07. The maximum absolute atomic E-state index is 5.83. The Morgan fingerprint density at radius 2 is 1.80 bits per heavy atom. The Kier molecular flexibility index (Phi) is 4.09. The number of methoxy groups -OCH3 is 1. The molecular formula is C11H17NO3. The van der Waals surface area contributed by atoms with Crippen LogP contribution in [0.3, 0.4) is 0 Å². The molecule has 4 nitrogen and oxygen atoms in total. The van der Waals surface area contributed by atoms with Gasteiger partial charge in [0.2, 0.25) is 0 Å². The van der Waals surface area contributed by atoms with Crippen LogP contribution in [0.15, 0.2) is 12.1 Å². The Balaban J connectivity index is 3.06. The zero-order valence-corrected chi connectivity index (χ0v) is 9.37. The molecule has 1 rings (SSSR count). The summed E-state index contributed by atoms with van der Waals surface area (Å²) < 4.78 is 15.9. The normalized spacial score (nSPS) is 9.80. The quantitative estimate of drug-likeness (QED) is 0.757. The highest BCUT2D eigenvalue weighted by atomic mass is 16.5. The van der Waals surface area contributed by atoms with Crippen molar-refractivity contribution in [2.45, 2.75) is 13.8 Å². The number of rotatable bonds is 5. The molecule has 0 aliphatic carbocycles. The second kappa shape index (κ2) is 5.34. The van der Waals surface area contributed by atoms with Crippen LogP contribution >= 0.6 is 0 Å². The van der Waals surface area contributed by atoms with Crippen molar-refractivity contribution in [3.63, 3.8) is 0 Å². The highest BCUT2D eigenvalue weighted by Crippen LogP contribution is 2.37. The van der Waals surface area contributed by atoms with Gasteiger partial charge in [-0.1, -0.05) is 0 Å². The van der Waals surface area contributed by atoms with Gasteiger partial charge in [0, 0.05) is 12.1 Å². The molecule has 0 aliphatic rings. The van der Waals surface area contributed by atoms with E-state index in [1.807, 2.05) is 13.8 Å². The van der Waals surface area contributed by atoms with Gasteiger partial charge in [-0.15, -0.1) is 0 Å². The first-order valence-corrected chi connectivity index (χ1v) is 4.96. The number of nitrogens with two attached hydrogens (primary N) is 1. The summed E-state index contributed by atoms with van der Waals surface area (Å²) in [5, 5.41) is 0. The first kappa shape index (κ1) is 11.5. The fourth-order valence-corrected chi connectivity index (χ4v) is 1.30. The van der Waals surface area contributed by atoms with Crippen LogP contribution in [0.25, 0.3) is 0 Å². The van der Waals surface area contributed by atoms with Gasteiger partial charge in [0.25, 0.3) is 0 Å². The first-order chi connectivity index (χ1) is 7.22. The lowest BCUT2D eigenvalue weighted by molar-refractivity contribution is 0.306. The zero-order chi connectivity index (χ0) is 11.3. The van der Waals surface area contributed by atoms with Crippen LogP contribution in [0, 0.1) is 0 Å². The standard InChI is InChI=1S/C11H17NO3/c1-4-14-8-6-9(12)11(15-5-2)10(7-8)13-3/h6-7H,4-5,12H2,1-3H3. The Bertz CT molecular complexity index is 326. The van der Waals surface area contributed by atoms with Crippen LogP contribution in [0.4, 0.5) is 5.69 Å². The van der Waals surface area contributed by atoms with Gasteiger partial charge in [-0.2, -0.15) is 0 Å². The summed E-state index contributed by atoms with van der Waals surface area (Å²) in [5.41, 5.74) is 6.36. The molecule has 0 bridgehead atoms. The summed E-state index contributed by atoms with van der Waals surface area (Å²) in [6, 6.07) is 3.50. The van der Waals surface area contributed by atoms with Crippen LogP contribution in [0.1, 0.15) is 13.8 Å². The van der Waals surface area contributed by atoms with Crippen LogP contribution < -0.4 is 19.9 Å². The lowest BCUT2D eigenvalue weighted by Crippen LogP contribution is -2.01. The molecule has 0 heterocycles. The van der Waals surface area contributed by atoms with Crippen molar-refractivity contribution in [3.8, 4) is 17.2 Å². The Morgan fingerprint density at radius 3 is 2.33 bits per heavy atom. The maximum atomic E-state index is 5.83. The summed E-state index contributed by atoms with van der Waals surface area (Å²) >= 11 is 0. The summed E-state index contributed by atoms with van der Waals surface area (Å²) in [6.45, 7) is 4.96. The average molecular weight is 211 g/mol. The summed E-state index contributed by atoms with van der Waals surface area (Å²) in [7, 11) is 1.58. The lowest BCUT2D eigenvalue weighted by atomic mass is 10.2. The minimum atomic E-state index is 0.527. The smallest absolute Gasteiger partial charge is 0.184 e. The number of ether oxygens (including phenoxy) is 3. The number of anilines is 1. The molecule has 0 aromatic heterocycles. The van der Waals surface area contributed by atoms with Crippen molar-refractivity contribution in [2.24, 2.45) is 0 Å². The van der Waals surface area contributed by atoms with Crippen molar-refractivity contribution >= 4 is 5.69 Å². The third kappa shape index (κ3) is 2.68. The third-order valence-electron chi connectivity index (χ3n) is 1.88. The van der Waals surface area contributed by atoms with Crippen LogP contribution in [0.2, 0.25) is 0 Å². The predicted molar refractivity (Wildman–Crippen MR) is 59.7 cm³/mol. The van der Waals surface area contributed by atoms with Gasteiger partial charge < -0.3 is 19.9 Å². The van der Waals surface area contributed by atoms with E-state index >= 15 is 0 Å². The van der Waals surface area contributed by atoms with E-state index < -0.39 is 0 Å². The third-order valence-corrected chi connectivity index (χ3v) is 1.88. The molecule has 15 heavy (non-hydrogen) atoms. The van der Waals surface area contributed by atoms with Gasteiger partial charge >= 0.3 is 0 Å². The molecule has 0 fully saturated rings. The van der Waals surface area contributed by atoms with E-state index in [1.165, 1.54) is 0 Å². The van der Waals surface area contributed by atoms with Crippen LogP contribution in [-0.4, -0.2) is 20.3 Å². The van der Waals surface area contributed by atoms with Crippen molar-refractivity contribution in [2.75, 3.05) is 26.1 Å². The van der Waals surface area contributed by atoms with Gasteiger partial charge in [0.05, 0.1) is 26.0 Å².